The van der Waals surface area contributed by atoms with Crippen molar-refractivity contribution in [2.45, 2.75) is 24.7 Å². The molecule has 0 aliphatic carbocycles. The molecule has 0 heterocycles. The van der Waals surface area contributed by atoms with Crippen LogP contribution in [0.2, 0.25) is 0 Å². The summed E-state index contributed by atoms with van der Waals surface area (Å²) in [4.78, 5) is 19.7. The average molecular weight is 426 g/mol. The molecular formula is C16H18N4O8S. The molecule has 2 aromatic rings. The highest BCUT2D eigenvalue weighted by atomic mass is 32.2. The van der Waals surface area contributed by atoms with E-state index in [2.05, 4.69) is 10.9 Å². The molecule has 3 N–H and O–H groups in total. The van der Waals surface area contributed by atoms with Crippen LogP contribution in [0.15, 0.2) is 41.3 Å². The Morgan fingerprint density at radius 3 is 2.10 bits per heavy atom. The van der Waals surface area contributed by atoms with Crippen LogP contribution in [-0.4, -0.2) is 29.4 Å². The van der Waals surface area contributed by atoms with E-state index in [0.29, 0.717) is 19.1 Å². The molecule has 12 nitrogen and oxygen atoms in total. The van der Waals surface area contributed by atoms with Crippen molar-refractivity contribution in [2.75, 3.05) is 17.5 Å². The van der Waals surface area contributed by atoms with Gasteiger partial charge in [0.25, 0.3) is 21.5 Å². The SMILES string of the molecule is CCCCOc1cc([N+](=O)[O-])ccc1NNc1ccc([N+](=O)[O-])cc1S(=O)(=O)O. The number of hydrazine groups is 1. The van der Waals surface area contributed by atoms with Gasteiger partial charge in [0.1, 0.15) is 4.90 Å². The van der Waals surface area contributed by atoms with Gasteiger partial charge >= 0.3 is 0 Å². The topological polar surface area (TPSA) is 174 Å². The predicted octanol–water partition coefficient (Wildman–Crippen LogP) is 3.37. The first kappa shape index (κ1) is 21.8. The maximum Gasteiger partial charge on any atom is 0.296 e. The lowest BCUT2D eigenvalue weighted by atomic mass is 10.2. The molecule has 0 saturated carbocycles. The molecule has 2 aromatic carbocycles. The van der Waals surface area contributed by atoms with Gasteiger partial charge in [-0.25, -0.2) is 0 Å². The Morgan fingerprint density at radius 1 is 1.00 bits per heavy atom. The van der Waals surface area contributed by atoms with Crippen LogP contribution in [0.5, 0.6) is 5.75 Å². The maximum absolute atomic E-state index is 11.6. The zero-order chi connectivity index (χ0) is 21.6. The smallest absolute Gasteiger partial charge is 0.296 e. The number of hydrogen-bond donors (Lipinski definition) is 3. The summed E-state index contributed by atoms with van der Waals surface area (Å²) in [5.41, 5.74) is 4.52. The summed E-state index contributed by atoms with van der Waals surface area (Å²) in [7, 11) is -4.77. The van der Waals surface area contributed by atoms with Gasteiger partial charge in [-0.05, 0) is 18.6 Å². The van der Waals surface area contributed by atoms with Crippen molar-refractivity contribution < 1.29 is 27.6 Å². The third-order valence-electron chi connectivity index (χ3n) is 3.72. The summed E-state index contributed by atoms with van der Waals surface area (Å²) in [5.74, 6) is 0.149. The molecule has 0 atom stereocenters. The van der Waals surface area contributed by atoms with E-state index in [1.807, 2.05) is 6.92 Å². The molecule has 0 saturated heterocycles. The molecule has 13 heteroatoms. The monoisotopic (exact) mass is 426 g/mol. The molecule has 29 heavy (non-hydrogen) atoms. The molecule has 2 rings (SSSR count). The lowest BCUT2D eigenvalue weighted by Crippen LogP contribution is -2.14. The summed E-state index contributed by atoms with van der Waals surface area (Å²) < 4.78 is 38.0. The number of nitro benzene ring substituents is 2. The van der Waals surface area contributed by atoms with Crippen LogP contribution in [0.1, 0.15) is 19.8 Å². The lowest BCUT2D eigenvalue weighted by Gasteiger charge is -2.16. The number of ether oxygens (including phenoxy) is 1. The zero-order valence-corrected chi connectivity index (χ0v) is 16.0. The van der Waals surface area contributed by atoms with Gasteiger partial charge in [-0.1, -0.05) is 13.3 Å². The molecule has 156 valence electrons. The Hall–Kier alpha value is -3.45. The first-order valence-corrected chi connectivity index (χ1v) is 9.76. The first-order chi connectivity index (χ1) is 13.6. The summed E-state index contributed by atoms with van der Waals surface area (Å²) in [6.07, 6.45) is 1.56. The Morgan fingerprint density at radius 2 is 1.55 bits per heavy atom. The van der Waals surface area contributed by atoms with Crippen LogP contribution in [0, 0.1) is 20.2 Å². The fraction of sp³-hybridized carbons (Fsp3) is 0.250. The molecule has 0 bridgehead atoms. The number of nitro groups is 2. The van der Waals surface area contributed by atoms with Crippen molar-refractivity contribution >= 4 is 32.9 Å². The molecule has 0 amide bonds. The van der Waals surface area contributed by atoms with Gasteiger partial charge < -0.3 is 4.74 Å². The van der Waals surface area contributed by atoms with E-state index in [4.69, 9.17) is 4.74 Å². The Labute approximate surface area is 165 Å². The van der Waals surface area contributed by atoms with Crippen molar-refractivity contribution in [3.05, 3.63) is 56.6 Å². The van der Waals surface area contributed by atoms with Gasteiger partial charge in [0.15, 0.2) is 5.75 Å². The minimum atomic E-state index is -4.77. The van der Waals surface area contributed by atoms with Gasteiger partial charge in [-0.2, -0.15) is 8.42 Å². The molecule has 0 aromatic heterocycles. The number of nitrogens with one attached hydrogen (secondary N) is 2. The summed E-state index contributed by atoms with van der Waals surface area (Å²) in [6, 6.07) is 6.62. The van der Waals surface area contributed by atoms with E-state index in [0.717, 1.165) is 18.6 Å². The standard InChI is InChI=1S/C16H18N4O8S/c1-2-3-8-28-15-9-11(19(21)22)4-6-13(15)17-18-14-7-5-12(20(23)24)10-16(14)29(25,26)27/h4-7,9-10,17-18H,2-3,8H2,1H3,(H,25,26,27). The largest absolute Gasteiger partial charge is 0.491 e. The summed E-state index contributed by atoms with van der Waals surface area (Å²) in [5, 5.41) is 21.8. The highest BCUT2D eigenvalue weighted by molar-refractivity contribution is 7.86. The van der Waals surface area contributed by atoms with Crippen molar-refractivity contribution in [1.82, 2.24) is 0 Å². The third-order valence-corrected chi connectivity index (χ3v) is 4.61. The highest BCUT2D eigenvalue weighted by Gasteiger charge is 2.21. The number of non-ortho nitro benzene ring substituents is 2. The second-order valence-corrected chi connectivity index (χ2v) is 7.19. The minimum absolute atomic E-state index is 0.149. The van der Waals surface area contributed by atoms with E-state index in [9.17, 15) is 33.2 Å². The highest BCUT2D eigenvalue weighted by Crippen LogP contribution is 2.31. The fourth-order valence-corrected chi connectivity index (χ4v) is 2.92. The number of hydrogen-bond acceptors (Lipinski definition) is 9. The van der Waals surface area contributed by atoms with Crippen LogP contribution < -0.4 is 15.6 Å². The number of unbranched alkanes of at least 4 members (excludes halogenated alkanes) is 1. The predicted molar refractivity (Wildman–Crippen MR) is 104 cm³/mol. The van der Waals surface area contributed by atoms with E-state index in [1.165, 1.54) is 18.2 Å². The van der Waals surface area contributed by atoms with E-state index in [-0.39, 0.29) is 22.8 Å². The normalized spacial score (nSPS) is 11.0. The number of benzene rings is 2. The lowest BCUT2D eigenvalue weighted by molar-refractivity contribution is -0.385. The van der Waals surface area contributed by atoms with Gasteiger partial charge in [-0.3, -0.25) is 35.6 Å². The van der Waals surface area contributed by atoms with Gasteiger partial charge in [-0.15, -0.1) is 0 Å². The fourth-order valence-electron chi connectivity index (χ4n) is 2.25. The van der Waals surface area contributed by atoms with E-state index in [1.54, 1.807) is 0 Å². The van der Waals surface area contributed by atoms with Crippen LogP contribution in [0.4, 0.5) is 22.7 Å². The Kier molecular flexibility index (Phi) is 6.90. The second kappa shape index (κ2) is 9.16. The summed E-state index contributed by atoms with van der Waals surface area (Å²) >= 11 is 0. The van der Waals surface area contributed by atoms with Gasteiger partial charge in [0.05, 0.1) is 33.9 Å². The molecule has 0 radical (unpaired) electrons. The van der Waals surface area contributed by atoms with Crippen molar-refractivity contribution in [3.8, 4) is 5.75 Å². The third kappa shape index (κ3) is 5.76. The molecular weight excluding hydrogens is 408 g/mol. The Balaban J connectivity index is 2.33. The van der Waals surface area contributed by atoms with Crippen LogP contribution >= 0.6 is 0 Å². The summed E-state index contributed by atoms with van der Waals surface area (Å²) in [6.45, 7) is 2.25. The van der Waals surface area contributed by atoms with Crippen LogP contribution in [0.25, 0.3) is 0 Å². The number of nitrogens with zero attached hydrogens (tertiary/aromatic N) is 2. The number of rotatable bonds is 10. The Bertz CT molecular complexity index is 1030. The maximum atomic E-state index is 11.6. The van der Waals surface area contributed by atoms with E-state index < -0.39 is 30.5 Å². The molecule has 0 aliphatic rings. The van der Waals surface area contributed by atoms with Gasteiger partial charge in [0, 0.05) is 18.2 Å². The zero-order valence-electron chi connectivity index (χ0n) is 15.2. The van der Waals surface area contributed by atoms with Crippen molar-refractivity contribution in [3.63, 3.8) is 0 Å². The van der Waals surface area contributed by atoms with Crippen LogP contribution in [0.3, 0.4) is 0 Å². The quantitative estimate of drug-likeness (QED) is 0.221. The van der Waals surface area contributed by atoms with E-state index >= 15 is 0 Å². The number of anilines is 2. The minimum Gasteiger partial charge on any atom is -0.491 e. The van der Waals surface area contributed by atoms with Gasteiger partial charge in [0.2, 0.25) is 0 Å². The van der Waals surface area contributed by atoms with Crippen molar-refractivity contribution in [2.24, 2.45) is 0 Å². The van der Waals surface area contributed by atoms with Crippen LogP contribution in [-0.2, 0) is 10.1 Å². The average Bonchev–Trinajstić information content (AvgIpc) is 2.66. The molecule has 0 spiro atoms. The molecule has 0 aliphatic heterocycles. The molecule has 0 fully saturated rings. The molecule has 0 unspecified atom stereocenters. The first-order valence-electron chi connectivity index (χ1n) is 8.32. The second-order valence-electron chi connectivity index (χ2n) is 5.80. The van der Waals surface area contributed by atoms with Crippen molar-refractivity contribution in [1.29, 1.82) is 0 Å².